The topological polar surface area (TPSA) is 42.4 Å². The van der Waals surface area contributed by atoms with E-state index in [4.69, 9.17) is 4.74 Å². The normalized spacial score (nSPS) is 13.9. The molecule has 0 amide bonds. The molecule has 1 unspecified atom stereocenters. The number of nitrogens with zero attached hydrogens (tertiary/aromatic N) is 1. The molecule has 4 heteroatoms. The lowest BCUT2D eigenvalue weighted by atomic mass is 9.87. The minimum Gasteiger partial charge on any atom is -0.496 e. The molecule has 20 heavy (non-hydrogen) atoms. The molecule has 0 radical (unpaired) electrons. The summed E-state index contributed by atoms with van der Waals surface area (Å²) in [5.74, 6) is 0.163. The zero-order valence-corrected chi connectivity index (χ0v) is 12.1. The molecule has 0 aliphatic heterocycles. The van der Waals surface area contributed by atoms with Crippen molar-refractivity contribution in [2.24, 2.45) is 0 Å². The molecular formula is C16H18FNO2. The van der Waals surface area contributed by atoms with Gasteiger partial charge >= 0.3 is 0 Å². The second kappa shape index (κ2) is 5.21. The largest absolute Gasteiger partial charge is 0.496 e. The molecule has 0 fully saturated rings. The lowest BCUT2D eigenvalue weighted by Gasteiger charge is -2.27. The quantitative estimate of drug-likeness (QED) is 0.936. The molecule has 0 spiro atoms. The molecule has 1 heterocycles. The number of aryl methyl sites for hydroxylation is 2. The Bertz CT molecular complexity index is 621. The van der Waals surface area contributed by atoms with Crippen LogP contribution in [-0.2, 0) is 5.60 Å². The van der Waals surface area contributed by atoms with Gasteiger partial charge in [0, 0.05) is 5.56 Å². The third-order valence-corrected chi connectivity index (χ3v) is 3.38. The smallest absolute Gasteiger partial charge is 0.141 e. The minimum absolute atomic E-state index is 0.379. The highest BCUT2D eigenvalue weighted by atomic mass is 19.1. The first-order valence-corrected chi connectivity index (χ1v) is 6.36. The van der Waals surface area contributed by atoms with E-state index < -0.39 is 11.4 Å². The van der Waals surface area contributed by atoms with E-state index in [1.165, 1.54) is 12.1 Å². The molecule has 106 valence electrons. The van der Waals surface area contributed by atoms with Crippen LogP contribution in [-0.4, -0.2) is 17.2 Å². The van der Waals surface area contributed by atoms with Gasteiger partial charge in [0.05, 0.1) is 19.0 Å². The zero-order valence-electron chi connectivity index (χ0n) is 12.1. The van der Waals surface area contributed by atoms with Crippen molar-refractivity contribution in [1.82, 2.24) is 4.98 Å². The number of halogens is 1. The summed E-state index contributed by atoms with van der Waals surface area (Å²) in [7, 11) is 1.56. The fourth-order valence-corrected chi connectivity index (χ4v) is 2.51. The molecule has 2 aromatic rings. The summed E-state index contributed by atoms with van der Waals surface area (Å²) < 4.78 is 18.4. The van der Waals surface area contributed by atoms with E-state index >= 15 is 0 Å². The standard InChI is InChI=1S/C16H18FNO2/c1-10-7-11(2)15(13(8-10)20-4)16(3,19)14-6-5-12(17)9-18-14/h5-9,19H,1-4H3. The summed E-state index contributed by atoms with van der Waals surface area (Å²) >= 11 is 0. The highest BCUT2D eigenvalue weighted by Crippen LogP contribution is 2.37. The molecule has 0 bridgehead atoms. The summed E-state index contributed by atoms with van der Waals surface area (Å²) in [6, 6.07) is 6.59. The van der Waals surface area contributed by atoms with Gasteiger partial charge in [0.15, 0.2) is 0 Å². The second-order valence-electron chi connectivity index (χ2n) is 5.09. The Morgan fingerprint density at radius 1 is 1.25 bits per heavy atom. The Morgan fingerprint density at radius 2 is 1.95 bits per heavy atom. The van der Waals surface area contributed by atoms with Crippen LogP contribution in [0.3, 0.4) is 0 Å². The molecule has 2 rings (SSSR count). The van der Waals surface area contributed by atoms with Crippen molar-refractivity contribution in [3.05, 3.63) is 58.7 Å². The van der Waals surface area contributed by atoms with Crippen LogP contribution < -0.4 is 4.74 Å². The first-order valence-electron chi connectivity index (χ1n) is 6.36. The van der Waals surface area contributed by atoms with Gasteiger partial charge in [-0.2, -0.15) is 0 Å². The highest BCUT2D eigenvalue weighted by Gasteiger charge is 2.32. The Hall–Kier alpha value is -1.94. The number of aliphatic hydroxyl groups is 1. The van der Waals surface area contributed by atoms with Gasteiger partial charge in [0.1, 0.15) is 17.2 Å². The van der Waals surface area contributed by atoms with E-state index in [9.17, 15) is 9.50 Å². The van der Waals surface area contributed by atoms with E-state index in [1.54, 1.807) is 14.0 Å². The maximum atomic E-state index is 13.0. The Balaban J connectivity index is 2.62. The van der Waals surface area contributed by atoms with Crippen LogP contribution in [0.15, 0.2) is 30.5 Å². The molecular weight excluding hydrogens is 257 g/mol. The van der Waals surface area contributed by atoms with Crippen molar-refractivity contribution in [3.63, 3.8) is 0 Å². The van der Waals surface area contributed by atoms with Gasteiger partial charge in [0.25, 0.3) is 0 Å². The maximum absolute atomic E-state index is 13.0. The predicted octanol–water partition coefficient (Wildman–Crippen LogP) is 3.10. The van der Waals surface area contributed by atoms with E-state index in [-0.39, 0.29) is 0 Å². The average Bonchev–Trinajstić information content (AvgIpc) is 2.37. The average molecular weight is 275 g/mol. The first kappa shape index (κ1) is 14.5. The van der Waals surface area contributed by atoms with Gasteiger partial charge < -0.3 is 9.84 Å². The fourth-order valence-electron chi connectivity index (χ4n) is 2.51. The first-order chi connectivity index (χ1) is 9.36. The number of hydrogen-bond donors (Lipinski definition) is 1. The summed E-state index contributed by atoms with van der Waals surface area (Å²) in [5.41, 5.74) is 1.62. The van der Waals surface area contributed by atoms with Crippen LogP contribution in [0.1, 0.15) is 29.3 Å². The van der Waals surface area contributed by atoms with E-state index in [0.29, 0.717) is 17.0 Å². The predicted molar refractivity (Wildman–Crippen MR) is 75.3 cm³/mol. The SMILES string of the molecule is COc1cc(C)cc(C)c1C(C)(O)c1ccc(F)cn1. The number of pyridine rings is 1. The number of benzene rings is 1. The number of aromatic nitrogens is 1. The van der Waals surface area contributed by atoms with Crippen LogP contribution >= 0.6 is 0 Å². The zero-order chi connectivity index (χ0) is 14.9. The molecule has 1 aromatic heterocycles. The van der Waals surface area contributed by atoms with Crippen LogP contribution in [0.2, 0.25) is 0 Å². The monoisotopic (exact) mass is 275 g/mol. The molecule has 1 N–H and O–H groups in total. The van der Waals surface area contributed by atoms with Crippen molar-refractivity contribution in [3.8, 4) is 5.75 Å². The van der Waals surface area contributed by atoms with Crippen molar-refractivity contribution in [2.45, 2.75) is 26.4 Å². The molecule has 3 nitrogen and oxygen atoms in total. The fraction of sp³-hybridized carbons (Fsp3) is 0.312. The van der Waals surface area contributed by atoms with Gasteiger partial charge in [-0.1, -0.05) is 6.07 Å². The molecule has 1 aromatic carbocycles. The van der Waals surface area contributed by atoms with E-state index in [2.05, 4.69) is 4.98 Å². The summed E-state index contributed by atoms with van der Waals surface area (Å²) in [4.78, 5) is 3.98. The number of hydrogen-bond acceptors (Lipinski definition) is 3. The second-order valence-corrected chi connectivity index (χ2v) is 5.09. The molecule has 0 saturated carbocycles. The summed E-state index contributed by atoms with van der Waals surface area (Å²) in [5, 5.41) is 10.9. The Morgan fingerprint density at radius 3 is 2.50 bits per heavy atom. The maximum Gasteiger partial charge on any atom is 0.141 e. The molecule has 0 aliphatic rings. The third kappa shape index (κ3) is 2.51. The molecule has 0 saturated heterocycles. The lowest BCUT2D eigenvalue weighted by molar-refractivity contribution is 0.0933. The van der Waals surface area contributed by atoms with E-state index in [1.807, 2.05) is 26.0 Å². The lowest BCUT2D eigenvalue weighted by Crippen LogP contribution is -2.26. The summed E-state index contributed by atoms with van der Waals surface area (Å²) in [6.07, 6.45) is 1.10. The van der Waals surface area contributed by atoms with Crippen LogP contribution in [0.4, 0.5) is 4.39 Å². The van der Waals surface area contributed by atoms with Gasteiger partial charge in [0.2, 0.25) is 0 Å². The number of ether oxygens (including phenoxy) is 1. The summed E-state index contributed by atoms with van der Waals surface area (Å²) in [6.45, 7) is 5.50. The van der Waals surface area contributed by atoms with Crippen LogP contribution in [0, 0.1) is 19.7 Å². The van der Waals surface area contributed by atoms with Crippen molar-refractivity contribution in [1.29, 1.82) is 0 Å². The third-order valence-electron chi connectivity index (χ3n) is 3.38. The van der Waals surface area contributed by atoms with Crippen LogP contribution in [0.5, 0.6) is 5.75 Å². The Kier molecular flexibility index (Phi) is 3.77. The van der Waals surface area contributed by atoms with Crippen molar-refractivity contribution < 1.29 is 14.2 Å². The van der Waals surface area contributed by atoms with Gasteiger partial charge in [-0.05, 0) is 50.1 Å². The van der Waals surface area contributed by atoms with Gasteiger partial charge in [-0.3, -0.25) is 4.98 Å². The Labute approximate surface area is 118 Å². The number of methoxy groups -OCH3 is 1. The highest BCUT2D eigenvalue weighted by molar-refractivity contribution is 5.49. The number of rotatable bonds is 3. The van der Waals surface area contributed by atoms with Crippen molar-refractivity contribution >= 4 is 0 Å². The van der Waals surface area contributed by atoms with Gasteiger partial charge in [-0.25, -0.2) is 4.39 Å². The minimum atomic E-state index is -1.35. The molecule has 0 aliphatic carbocycles. The van der Waals surface area contributed by atoms with Crippen LogP contribution in [0.25, 0.3) is 0 Å². The van der Waals surface area contributed by atoms with Crippen molar-refractivity contribution in [2.75, 3.05) is 7.11 Å². The van der Waals surface area contributed by atoms with Gasteiger partial charge in [-0.15, -0.1) is 0 Å². The molecule has 1 atom stereocenters. The van der Waals surface area contributed by atoms with E-state index in [0.717, 1.165) is 17.3 Å².